The molecule has 0 unspecified atom stereocenters. The Kier molecular flexibility index (Phi) is 4.11. The molecule has 1 aromatic carbocycles. The van der Waals surface area contributed by atoms with E-state index in [0.717, 1.165) is 18.2 Å². The Balaban J connectivity index is 1.92. The van der Waals surface area contributed by atoms with E-state index in [4.69, 9.17) is 4.74 Å². The van der Waals surface area contributed by atoms with Crippen molar-refractivity contribution in [2.45, 2.75) is 31.6 Å². The normalized spacial score (nSPS) is 13.6. The third-order valence-electron chi connectivity index (χ3n) is 4.45. The molecular formula is C18H18N4O4S. The molecule has 9 heteroatoms. The first-order valence-corrected chi connectivity index (χ1v) is 10.4. The maximum atomic E-state index is 12.9. The van der Waals surface area contributed by atoms with E-state index in [1.54, 1.807) is 21.5 Å². The third-order valence-corrected chi connectivity index (χ3v) is 5.31. The van der Waals surface area contributed by atoms with Gasteiger partial charge in [0.25, 0.3) is 0 Å². The Morgan fingerprint density at radius 1 is 1.11 bits per heavy atom. The maximum absolute atomic E-state index is 12.9. The van der Waals surface area contributed by atoms with E-state index in [-0.39, 0.29) is 16.5 Å². The molecule has 4 rings (SSSR count). The monoisotopic (exact) mass is 386 g/mol. The van der Waals surface area contributed by atoms with Gasteiger partial charge < -0.3 is 4.74 Å². The second kappa shape index (κ2) is 6.34. The first kappa shape index (κ1) is 17.5. The van der Waals surface area contributed by atoms with E-state index in [2.05, 4.69) is 9.97 Å². The zero-order valence-corrected chi connectivity index (χ0v) is 15.7. The molecule has 0 spiro atoms. The van der Waals surface area contributed by atoms with Crippen molar-refractivity contribution in [3.8, 4) is 22.9 Å². The fourth-order valence-electron chi connectivity index (χ4n) is 3.16. The molecule has 3 aromatic rings. The number of nitrogens with zero attached hydrogens (tertiary/aromatic N) is 4. The number of rotatable bonds is 4. The SMILES string of the molecule is Cc1ccccc1Oc1c(-c2ccnc(S(C)(=O)=O)n2)n2n(c1=O)CCC2. The van der Waals surface area contributed by atoms with Crippen molar-refractivity contribution in [1.29, 1.82) is 0 Å². The van der Waals surface area contributed by atoms with Crippen molar-refractivity contribution in [2.75, 3.05) is 6.26 Å². The first-order chi connectivity index (χ1) is 12.9. The molecule has 0 bridgehead atoms. The molecular weight excluding hydrogens is 368 g/mol. The predicted molar refractivity (Wildman–Crippen MR) is 98.7 cm³/mol. The highest BCUT2D eigenvalue weighted by Crippen LogP contribution is 2.33. The van der Waals surface area contributed by atoms with Crippen LogP contribution in [0.5, 0.6) is 11.5 Å². The van der Waals surface area contributed by atoms with E-state index in [1.165, 1.54) is 6.20 Å². The summed E-state index contributed by atoms with van der Waals surface area (Å²) in [5.74, 6) is 0.709. The van der Waals surface area contributed by atoms with Crippen LogP contribution < -0.4 is 10.3 Å². The van der Waals surface area contributed by atoms with Crippen molar-refractivity contribution < 1.29 is 13.2 Å². The van der Waals surface area contributed by atoms with Gasteiger partial charge in [-0.2, -0.15) is 0 Å². The molecule has 0 N–H and O–H groups in total. The fraction of sp³-hybridized carbons (Fsp3) is 0.278. The van der Waals surface area contributed by atoms with Crippen molar-refractivity contribution in [1.82, 2.24) is 19.3 Å². The van der Waals surface area contributed by atoms with Gasteiger partial charge in [-0.05, 0) is 31.0 Å². The molecule has 0 atom stereocenters. The molecule has 0 amide bonds. The van der Waals surface area contributed by atoms with Gasteiger partial charge in [0, 0.05) is 25.5 Å². The van der Waals surface area contributed by atoms with Gasteiger partial charge in [0.1, 0.15) is 11.4 Å². The van der Waals surface area contributed by atoms with E-state index in [1.807, 2.05) is 25.1 Å². The van der Waals surface area contributed by atoms with Crippen molar-refractivity contribution in [3.63, 3.8) is 0 Å². The van der Waals surface area contributed by atoms with E-state index in [0.29, 0.717) is 30.2 Å². The molecule has 0 fully saturated rings. The highest BCUT2D eigenvalue weighted by Gasteiger charge is 2.28. The summed E-state index contributed by atoms with van der Waals surface area (Å²) in [6.07, 6.45) is 3.24. The van der Waals surface area contributed by atoms with Gasteiger partial charge in [-0.25, -0.2) is 23.1 Å². The van der Waals surface area contributed by atoms with Crippen LogP contribution in [-0.2, 0) is 22.9 Å². The highest BCUT2D eigenvalue weighted by molar-refractivity contribution is 7.90. The van der Waals surface area contributed by atoms with Crippen LogP contribution in [0.1, 0.15) is 12.0 Å². The molecule has 1 aliphatic heterocycles. The van der Waals surface area contributed by atoms with Crippen LogP contribution in [0, 0.1) is 6.92 Å². The largest absolute Gasteiger partial charge is 0.449 e. The van der Waals surface area contributed by atoms with Gasteiger partial charge >= 0.3 is 5.56 Å². The molecule has 1 aliphatic rings. The lowest BCUT2D eigenvalue weighted by Crippen LogP contribution is -2.17. The van der Waals surface area contributed by atoms with Crippen molar-refractivity contribution >= 4 is 9.84 Å². The van der Waals surface area contributed by atoms with Gasteiger partial charge in [-0.1, -0.05) is 18.2 Å². The molecule has 140 valence electrons. The number of aromatic nitrogens is 4. The van der Waals surface area contributed by atoms with Crippen LogP contribution in [-0.4, -0.2) is 34.0 Å². The fourth-order valence-corrected chi connectivity index (χ4v) is 3.68. The smallest absolute Gasteiger partial charge is 0.310 e. The summed E-state index contributed by atoms with van der Waals surface area (Å²) in [5.41, 5.74) is 1.43. The second-order valence-corrected chi connectivity index (χ2v) is 8.36. The molecule has 0 saturated carbocycles. The highest BCUT2D eigenvalue weighted by atomic mass is 32.2. The predicted octanol–water partition coefficient (Wildman–Crippen LogP) is 2.01. The summed E-state index contributed by atoms with van der Waals surface area (Å²) in [4.78, 5) is 20.9. The Bertz CT molecular complexity index is 1190. The van der Waals surface area contributed by atoms with Crippen molar-refractivity contribution in [3.05, 3.63) is 52.4 Å². The molecule has 8 nitrogen and oxygen atoms in total. The molecule has 27 heavy (non-hydrogen) atoms. The Morgan fingerprint density at radius 2 is 1.85 bits per heavy atom. The first-order valence-electron chi connectivity index (χ1n) is 8.47. The van der Waals surface area contributed by atoms with Crippen LogP contribution in [0.2, 0.25) is 0 Å². The molecule has 0 saturated heterocycles. The number of hydrogen-bond donors (Lipinski definition) is 0. The zero-order valence-electron chi connectivity index (χ0n) is 14.9. The van der Waals surface area contributed by atoms with Gasteiger partial charge in [0.2, 0.25) is 20.7 Å². The lowest BCUT2D eigenvalue weighted by Gasteiger charge is -2.10. The average Bonchev–Trinajstić information content (AvgIpc) is 3.19. The van der Waals surface area contributed by atoms with E-state index >= 15 is 0 Å². The Morgan fingerprint density at radius 3 is 2.59 bits per heavy atom. The van der Waals surface area contributed by atoms with Crippen LogP contribution in [0.25, 0.3) is 11.4 Å². The van der Waals surface area contributed by atoms with Crippen LogP contribution in [0.15, 0.2) is 46.5 Å². The number of hydrogen-bond acceptors (Lipinski definition) is 6. The molecule has 2 aromatic heterocycles. The minimum atomic E-state index is -3.58. The number of sulfone groups is 1. The quantitative estimate of drug-likeness (QED) is 0.637. The van der Waals surface area contributed by atoms with Crippen LogP contribution >= 0.6 is 0 Å². The Hall–Kier alpha value is -2.94. The summed E-state index contributed by atoms with van der Waals surface area (Å²) in [6, 6.07) is 8.98. The summed E-state index contributed by atoms with van der Waals surface area (Å²) in [5, 5.41) is -0.284. The average molecular weight is 386 g/mol. The Labute approximate surface area is 156 Å². The topological polar surface area (TPSA) is 96.1 Å². The maximum Gasteiger partial charge on any atom is 0.310 e. The van der Waals surface area contributed by atoms with Crippen LogP contribution in [0.4, 0.5) is 0 Å². The number of aryl methyl sites for hydroxylation is 1. The zero-order chi connectivity index (χ0) is 19.2. The third kappa shape index (κ3) is 3.03. The van der Waals surface area contributed by atoms with E-state index in [9.17, 15) is 13.2 Å². The second-order valence-electron chi connectivity index (χ2n) is 6.45. The summed E-state index contributed by atoms with van der Waals surface area (Å²) in [7, 11) is -3.58. The lowest BCUT2D eigenvalue weighted by atomic mass is 10.2. The van der Waals surface area contributed by atoms with Gasteiger partial charge in [0.15, 0.2) is 0 Å². The summed E-state index contributed by atoms with van der Waals surface area (Å²) < 4.78 is 33.1. The summed E-state index contributed by atoms with van der Waals surface area (Å²) >= 11 is 0. The van der Waals surface area contributed by atoms with Gasteiger partial charge in [-0.3, -0.25) is 9.48 Å². The number of fused-ring (bicyclic) bond motifs is 1. The minimum absolute atomic E-state index is 0.141. The lowest BCUT2D eigenvalue weighted by molar-refractivity contribution is 0.472. The number of para-hydroxylation sites is 1. The van der Waals surface area contributed by atoms with Gasteiger partial charge in [0.05, 0.1) is 5.69 Å². The summed E-state index contributed by atoms with van der Waals surface area (Å²) in [6.45, 7) is 3.09. The molecule has 0 radical (unpaired) electrons. The number of benzene rings is 1. The van der Waals surface area contributed by atoms with Crippen LogP contribution in [0.3, 0.4) is 0 Å². The minimum Gasteiger partial charge on any atom is -0.449 e. The molecule has 0 aliphatic carbocycles. The number of ether oxygens (including phenoxy) is 1. The van der Waals surface area contributed by atoms with Crippen molar-refractivity contribution in [2.24, 2.45) is 0 Å². The standard InChI is InChI=1S/C18H18N4O4S/c1-12-6-3-4-7-14(12)26-16-15(21-10-5-11-22(21)17(16)23)13-8-9-19-18(20-13)27(2,24)25/h3-4,6-9H,5,10-11H2,1-2H3. The van der Waals surface area contributed by atoms with E-state index < -0.39 is 9.84 Å². The molecule has 3 heterocycles. The van der Waals surface area contributed by atoms with Gasteiger partial charge in [-0.15, -0.1) is 0 Å².